The minimum atomic E-state index is -4.62. The average Bonchev–Trinajstić information content (AvgIpc) is 3.12. The Morgan fingerprint density at radius 1 is 0.608 bits per heavy atom. The molecule has 3 N–H and O–H groups in total. The quantitative estimate of drug-likeness (QED) is 0.0189. The minimum absolute atomic E-state index is 0.154. The molecular formula is C40H69O10P. The Hall–Kier alpha value is -2.33. The second-order valence-electron chi connectivity index (χ2n) is 12.7. The molecule has 51 heavy (non-hydrogen) atoms. The number of esters is 2. The van der Waals surface area contributed by atoms with E-state index in [0.717, 1.165) is 77.0 Å². The highest BCUT2D eigenvalue weighted by molar-refractivity contribution is 7.47. The Labute approximate surface area is 308 Å². The van der Waals surface area contributed by atoms with Gasteiger partial charge in [0.25, 0.3) is 0 Å². The highest BCUT2D eigenvalue weighted by Gasteiger charge is 2.27. The summed E-state index contributed by atoms with van der Waals surface area (Å²) in [6.45, 7) is 2.16. The van der Waals surface area contributed by atoms with Crippen molar-refractivity contribution in [3.8, 4) is 0 Å². The van der Waals surface area contributed by atoms with Crippen molar-refractivity contribution in [1.29, 1.82) is 0 Å². The van der Waals surface area contributed by atoms with Crippen LogP contribution in [0.4, 0.5) is 0 Å². The van der Waals surface area contributed by atoms with Gasteiger partial charge >= 0.3 is 19.8 Å². The van der Waals surface area contributed by atoms with Crippen molar-refractivity contribution < 1.29 is 47.8 Å². The monoisotopic (exact) mass is 740 g/mol. The summed E-state index contributed by atoms with van der Waals surface area (Å²) in [5.74, 6) is -0.969. The van der Waals surface area contributed by atoms with Gasteiger partial charge in [0.05, 0.1) is 19.8 Å². The number of rotatable bonds is 35. The van der Waals surface area contributed by atoms with Gasteiger partial charge in [-0.05, 0) is 57.8 Å². The summed E-state index contributed by atoms with van der Waals surface area (Å²) in [4.78, 5) is 34.8. The third-order valence-electron chi connectivity index (χ3n) is 7.75. The molecule has 11 heteroatoms. The predicted octanol–water partition coefficient (Wildman–Crippen LogP) is 9.55. The number of allylic oxidation sites excluding steroid dienone is 10. The van der Waals surface area contributed by atoms with Gasteiger partial charge in [0.2, 0.25) is 0 Å². The molecule has 0 spiro atoms. The molecule has 0 radical (unpaired) electrons. The molecule has 0 saturated heterocycles. The number of carbonyl (C=O) groups is 2. The number of carbonyl (C=O) groups excluding carboxylic acids is 2. The van der Waals surface area contributed by atoms with Crippen molar-refractivity contribution >= 4 is 19.8 Å². The molecule has 10 nitrogen and oxygen atoms in total. The van der Waals surface area contributed by atoms with E-state index >= 15 is 0 Å². The number of hydrogen-bond acceptors (Lipinski definition) is 9. The van der Waals surface area contributed by atoms with Gasteiger partial charge in [-0.2, -0.15) is 0 Å². The summed E-state index contributed by atoms with van der Waals surface area (Å²) in [6.07, 6.45) is 37.6. The van der Waals surface area contributed by atoms with Gasteiger partial charge in [0.15, 0.2) is 6.10 Å². The average molecular weight is 741 g/mol. The van der Waals surface area contributed by atoms with E-state index in [-0.39, 0.29) is 19.4 Å². The smallest absolute Gasteiger partial charge is 0.462 e. The van der Waals surface area contributed by atoms with Crippen LogP contribution < -0.4 is 0 Å². The molecule has 0 aliphatic rings. The van der Waals surface area contributed by atoms with Crippen molar-refractivity contribution in [3.63, 3.8) is 0 Å². The fourth-order valence-corrected chi connectivity index (χ4v) is 5.55. The van der Waals surface area contributed by atoms with E-state index in [0.29, 0.717) is 12.8 Å². The lowest BCUT2D eigenvalue weighted by Crippen LogP contribution is -2.29. The second-order valence-corrected chi connectivity index (χ2v) is 14.1. The molecule has 3 atom stereocenters. The number of phosphoric acid groups is 1. The maximum Gasteiger partial charge on any atom is 0.472 e. The lowest BCUT2D eigenvalue weighted by molar-refractivity contribution is -0.161. The SMILES string of the molecule is CC/C=C/C=C/C=C/C=C/CCCCCCCC(=O)O[C@H](COC(=O)CCCCCCC/C=C/CCCCCC)COP(=O)(O)OC[C@@H](O)CO. The Balaban J connectivity index is 4.44. The fourth-order valence-electron chi connectivity index (χ4n) is 4.76. The zero-order valence-electron chi connectivity index (χ0n) is 31.5. The minimum Gasteiger partial charge on any atom is -0.462 e. The first-order valence-corrected chi connectivity index (χ1v) is 20.8. The maximum absolute atomic E-state index is 12.5. The maximum atomic E-state index is 12.5. The van der Waals surface area contributed by atoms with E-state index in [9.17, 15) is 24.2 Å². The van der Waals surface area contributed by atoms with E-state index < -0.39 is 51.8 Å². The fraction of sp³-hybridized carbons (Fsp3) is 0.700. The Kier molecular flexibility index (Phi) is 34.4. The number of ether oxygens (including phenoxy) is 2. The van der Waals surface area contributed by atoms with Crippen LogP contribution >= 0.6 is 7.82 Å². The molecule has 1 unspecified atom stereocenters. The third-order valence-corrected chi connectivity index (χ3v) is 8.70. The van der Waals surface area contributed by atoms with Gasteiger partial charge in [0, 0.05) is 12.8 Å². The van der Waals surface area contributed by atoms with Crippen LogP contribution in [0, 0.1) is 0 Å². The first-order chi connectivity index (χ1) is 24.7. The van der Waals surface area contributed by atoms with E-state index in [2.05, 4.69) is 42.7 Å². The van der Waals surface area contributed by atoms with Crippen molar-refractivity contribution in [2.75, 3.05) is 26.4 Å². The molecule has 0 aliphatic heterocycles. The van der Waals surface area contributed by atoms with Crippen LogP contribution in [0.3, 0.4) is 0 Å². The van der Waals surface area contributed by atoms with Crippen LogP contribution in [0.2, 0.25) is 0 Å². The number of phosphoric ester groups is 1. The molecule has 0 aliphatic carbocycles. The topological polar surface area (TPSA) is 149 Å². The van der Waals surface area contributed by atoms with Crippen molar-refractivity contribution in [3.05, 3.63) is 60.8 Å². The van der Waals surface area contributed by atoms with Crippen LogP contribution in [-0.2, 0) is 32.7 Å². The van der Waals surface area contributed by atoms with E-state index in [1.54, 1.807) is 0 Å². The van der Waals surface area contributed by atoms with Crippen LogP contribution in [0.15, 0.2) is 60.8 Å². The molecule has 0 fully saturated rings. The van der Waals surface area contributed by atoms with Crippen molar-refractivity contribution in [1.82, 2.24) is 0 Å². The number of hydrogen-bond donors (Lipinski definition) is 3. The Morgan fingerprint density at radius 2 is 1.10 bits per heavy atom. The summed E-state index contributed by atoms with van der Waals surface area (Å²) in [5, 5.41) is 18.3. The second kappa shape index (κ2) is 36.0. The number of aliphatic hydroxyl groups is 2. The first kappa shape index (κ1) is 48.7. The van der Waals surface area contributed by atoms with Crippen LogP contribution in [0.25, 0.3) is 0 Å². The van der Waals surface area contributed by atoms with Crippen LogP contribution in [0.5, 0.6) is 0 Å². The summed E-state index contributed by atoms with van der Waals surface area (Å²) in [7, 11) is -4.62. The molecule has 0 bridgehead atoms. The molecular weight excluding hydrogens is 671 g/mol. The molecule has 0 saturated carbocycles. The zero-order valence-corrected chi connectivity index (χ0v) is 32.4. The number of aliphatic hydroxyl groups excluding tert-OH is 2. The van der Waals surface area contributed by atoms with Gasteiger partial charge in [-0.3, -0.25) is 18.6 Å². The Bertz CT molecular complexity index is 1040. The van der Waals surface area contributed by atoms with Gasteiger partial charge < -0.3 is 24.6 Å². The van der Waals surface area contributed by atoms with E-state index in [1.165, 1.54) is 25.7 Å². The molecule has 0 amide bonds. The summed E-state index contributed by atoms with van der Waals surface area (Å²) >= 11 is 0. The largest absolute Gasteiger partial charge is 0.472 e. The molecule has 0 aromatic heterocycles. The third kappa shape index (κ3) is 35.8. The molecule has 0 aromatic carbocycles. The molecule has 294 valence electrons. The summed E-state index contributed by atoms with van der Waals surface area (Å²) in [6, 6.07) is 0. The van der Waals surface area contributed by atoms with Gasteiger partial charge in [-0.1, -0.05) is 132 Å². The Morgan fingerprint density at radius 3 is 1.69 bits per heavy atom. The summed E-state index contributed by atoms with van der Waals surface area (Å²) in [5.41, 5.74) is 0. The molecule has 0 heterocycles. The number of unbranched alkanes of at least 4 members (excludes halogenated alkanes) is 14. The normalized spacial score (nSPS) is 14.7. The molecule has 0 aromatic rings. The predicted molar refractivity (Wildman–Crippen MR) is 205 cm³/mol. The van der Waals surface area contributed by atoms with Crippen LogP contribution in [-0.4, -0.2) is 65.7 Å². The van der Waals surface area contributed by atoms with Crippen molar-refractivity contribution in [2.45, 2.75) is 154 Å². The van der Waals surface area contributed by atoms with E-state index in [1.807, 2.05) is 36.5 Å². The lowest BCUT2D eigenvalue weighted by atomic mass is 10.1. The van der Waals surface area contributed by atoms with Crippen LogP contribution in [0.1, 0.15) is 142 Å². The standard InChI is InChI=1S/C40H69O10P/c1-3-5-7-9-11-13-15-17-18-20-22-24-26-28-30-32-40(44)50-38(36-49-51(45,46)48-34-37(42)33-41)35-47-39(43)31-29-27-25-23-21-19-16-14-12-10-8-6-4-2/h5,7,9,11,13-18,37-38,41-42H,3-4,6,8,10,12,19-36H2,1-2H3,(H,45,46)/b7-5+,11-9+,15-13+,16-14+,18-17+/t37-,38+/m0/s1. The van der Waals surface area contributed by atoms with E-state index in [4.69, 9.17) is 19.1 Å². The zero-order chi connectivity index (χ0) is 37.7. The van der Waals surface area contributed by atoms with Gasteiger partial charge in [-0.15, -0.1) is 0 Å². The summed E-state index contributed by atoms with van der Waals surface area (Å²) < 4.78 is 32.6. The van der Waals surface area contributed by atoms with Gasteiger partial charge in [0.1, 0.15) is 12.7 Å². The highest BCUT2D eigenvalue weighted by atomic mass is 31.2. The first-order valence-electron chi connectivity index (χ1n) is 19.3. The highest BCUT2D eigenvalue weighted by Crippen LogP contribution is 2.43. The molecule has 0 rings (SSSR count). The van der Waals surface area contributed by atoms with Crippen molar-refractivity contribution in [2.24, 2.45) is 0 Å². The van der Waals surface area contributed by atoms with Gasteiger partial charge in [-0.25, -0.2) is 4.57 Å². The lowest BCUT2D eigenvalue weighted by Gasteiger charge is -2.20.